The Kier molecular flexibility index (Phi) is 4.41. The number of rotatable bonds is 4. The highest BCUT2D eigenvalue weighted by molar-refractivity contribution is 5.90. The average Bonchev–Trinajstić information content (AvgIpc) is 3.53. The Labute approximate surface area is 168 Å². The lowest BCUT2D eigenvalue weighted by Gasteiger charge is -2.08. The number of nitrogens with zero attached hydrogens (tertiary/aromatic N) is 2. The average molecular weight is 380 g/mol. The largest absolute Gasteiger partial charge is 0.334 e. The molecule has 0 bridgehead atoms. The van der Waals surface area contributed by atoms with E-state index >= 15 is 0 Å². The molecule has 5 rings (SSSR count). The molecule has 1 aliphatic rings. The van der Waals surface area contributed by atoms with Gasteiger partial charge in [-0.1, -0.05) is 66.7 Å². The number of hydrogen-bond donors (Lipinski definition) is 2. The molecule has 1 saturated carbocycles. The topological polar surface area (TPSA) is 66.9 Å². The summed E-state index contributed by atoms with van der Waals surface area (Å²) in [5.74, 6) is 0.829. The van der Waals surface area contributed by atoms with Gasteiger partial charge < -0.3 is 5.32 Å². The number of amides is 2. The van der Waals surface area contributed by atoms with Crippen LogP contribution < -0.4 is 10.6 Å². The van der Waals surface area contributed by atoms with E-state index in [4.69, 9.17) is 0 Å². The van der Waals surface area contributed by atoms with E-state index in [0.29, 0.717) is 11.7 Å². The first-order chi connectivity index (χ1) is 14.3. The van der Waals surface area contributed by atoms with Crippen molar-refractivity contribution in [3.8, 4) is 11.1 Å². The van der Waals surface area contributed by atoms with Crippen LogP contribution in [0.25, 0.3) is 22.2 Å². The maximum atomic E-state index is 12.4. The third kappa shape index (κ3) is 3.80. The van der Waals surface area contributed by atoms with E-state index in [9.17, 15) is 4.79 Å². The summed E-state index contributed by atoms with van der Waals surface area (Å²) in [7, 11) is 0. The van der Waals surface area contributed by atoms with Crippen LogP contribution in [0.2, 0.25) is 0 Å². The highest BCUT2D eigenvalue weighted by atomic mass is 16.2. The number of carbonyl (C=O) groups excluding carboxylic acids is 1. The quantitative estimate of drug-likeness (QED) is 0.525. The van der Waals surface area contributed by atoms with Crippen LogP contribution in [0.15, 0.2) is 85.1 Å². The molecule has 2 amide bonds. The standard InChI is InChI=1S/C24H20N4O/c29-24(27-21-14-19(21)17-9-5-2-6-10-17)28-23-15-25-20-12-11-18(13-22(20)26-23)16-7-3-1-4-8-16/h1-13,15,19,21H,14H2,(H2,26,27,28,29)/t19-,21-/m0/s1. The Morgan fingerprint density at radius 2 is 1.62 bits per heavy atom. The molecule has 5 nitrogen and oxygen atoms in total. The molecule has 5 heteroatoms. The molecule has 0 spiro atoms. The first-order valence-corrected chi connectivity index (χ1v) is 9.71. The second kappa shape index (κ2) is 7.36. The van der Waals surface area contributed by atoms with Crippen molar-refractivity contribution in [2.45, 2.75) is 18.4 Å². The molecular weight excluding hydrogens is 360 g/mol. The van der Waals surface area contributed by atoms with Crippen molar-refractivity contribution in [2.24, 2.45) is 0 Å². The minimum absolute atomic E-state index is 0.162. The van der Waals surface area contributed by atoms with Gasteiger partial charge in [-0.3, -0.25) is 10.3 Å². The van der Waals surface area contributed by atoms with E-state index < -0.39 is 0 Å². The van der Waals surface area contributed by atoms with Crippen LogP contribution in [-0.2, 0) is 0 Å². The van der Waals surface area contributed by atoms with Crippen molar-refractivity contribution in [3.63, 3.8) is 0 Å². The van der Waals surface area contributed by atoms with Gasteiger partial charge in [-0.25, -0.2) is 9.78 Å². The molecule has 1 heterocycles. The lowest BCUT2D eigenvalue weighted by atomic mass is 10.1. The van der Waals surface area contributed by atoms with Gasteiger partial charge >= 0.3 is 6.03 Å². The molecule has 0 unspecified atom stereocenters. The van der Waals surface area contributed by atoms with Crippen molar-refractivity contribution >= 4 is 22.9 Å². The molecule has 0 saturated heterocycles. The molecule has 4 aromatic rings. The van der Waals surface area contributed by atoms with Crippen LogP contribution in [0.4, 0.5) is 10.6 Å². The Morgan fingerprint density at radius 3 is 2.41 bits per heavy atom. The fourth-order valence-electron chi connectivity index (χ4n) is 3.63. The zero-order valence-corrected chi connectivity index (χ0v) is 15.7. The summed E-state index contributed by atoms with van der Waals surface area (Å²) in [6, 6.07) is 26.3. The van der Waals surface area contributed by atoms with Crippen molar-refractivity contribution in [1.82, 2.24) is 15.3 Å². The van der Waals surface area contributed by atoms with E-state index in [0.717, 1.165) is 28.6 Å². The zero-order valence-electron chi connectivity index (χ0n) is 15.7. The number of fused-ring (bicyclic) bond motifs is 1. The molecule has 2 N–H and O–H groups in total. The smallest absolute Gasteiger partial charge is 0.320 e. The maximum Gasteiger partial charge on any atom is 0.320 e. The van der Waals surface area contributed by atoms with Crippen LogP contribution in [0.1, 0.15) is 17.9 Å². The van der Waals surface area contributed by atoms with E-state index in [1.165, 1.54) is 5.56 Å². The SMILES string of the molecule is O=C(Nc1cnc2ccc(-c3ccccc3)cc2n1)N[C@H]1C[C@H]1c1ccccc1. The number of aromatic nitrogens is 2. The van der Waals surface area contributed by atoms with Gasteiger partial charge in [-0.2, -0.15) is 0 Å². The van der Waals surface area contributed by atoms with Crippen molar-refractivity contribution in [3.05, 3.63) is 90.6 Å². The summed E-state index contributed by atoms with van der Waals surface area (Å²) in [4.78, 5) is 21.4. The number of anilines is 1. The molecule has 2 atom stereocenters. The zero-order chi connectivity index (χ0) is 19.6. The number of urea groups is 1. The fourth-order valence-corrected chi connectivity index (χ4v) is 3.63. The van der Waals surface area contributed by atoms with Crippen molar-refractivity contribution in [1.29, 1.82) is 0 Å². The van der Waals surface area contributed by atoms with Gasteiger partial charge in [0.05, 0.1) is 17.2 Å². The van der Waals surface area contributed by atoms with Gasteiger partial charge in [0.2, 0.25) is 0 Å². The lowest BCUT2D eigenvalue weighted by molar-refractivity contribution is 0.251. The Morgan fingerprint density at radius 1 is 0.862 bits per heavy atom. The Hall–Kier alpha value is -3.73. The molecule has 142 valence electrons. The van der Waals surface area contributed by atoms with Gasteiger partial charge in [0, 0.05) is 12.0 Å². The van der Waals surface area contributed by atoms with Crippen LogP contribution in [0.3, 0.4) is 0 Å². The predicted octanol–water partition coefficient (Wildman–Crippen LogP) is 4.97. The third-order valence-corrected chi connectivity index (χ3v) is 5.23. The van der Waals surface area contributed by atoms with E-state index in [1.54, 1.807) is 6.20 Å². The summed E-state index contributed by atoms with van der Waals surface area (Å²) in [6.45, 7) is 0. The van der Waals surface area contributed by atoms with Gasteiger partial charge in [0.25, 0.3) is 0 Å². The van der Waals surface area contributed by atoms with E-state index in [-0.39, 0.29) is 12.1 Å². The van der Waals surface area contributed by atoms with Gasteiger partial charge in [0.1, 0.15) is 0 Å². The van der Waals surface area contributed by atoms with E-state index in [1.807, 2.05) is 54.6 Å². The Bertz CT molecular complexity index is 1160. The van der Waals surface area contributed by atoms with Crippen LogP contribution >= 0.6 is 0 Å². The second-order valence-corrected chi connectivity index (χ2v) is 7.28. The van der Waals surface area contributed by atoms with Gasteiger partial charge in [-0.05, 0) is 35.2 Å². The maximum absolute atomic E-state index is 12.4. The number of nitrogens with one attached hydrogen (secondary N) is 2. The molecule has 0 aliphatic heterocycles. The molecule has 1 fully saturated rings. The first kappa shape index (κ1) is 17.4. The highest BCUT2D eigenvalue weighted by Gasteiger charge is 2.39. The molecule has 3 aromatic carbocycles. The molecule has 1 aliphatic carbocycles. The summed E-state index contributed by atoms with van der Waals surface area (Å²) in [6.07, 6.45) is 2.55. The molecular formula is C24H20N4O. The fraction of sp³-hybridized carbons (Fsp3) is 0.125. The molecule has 29 heavy (non-hydrogen) atoms. The Balaban J connectivity index is 1.28. The number of hydrogen-bond acceptors (Lipinski definition) is 3. The minimum atomic E-state index is -0.249. The summed E-state index contributed by atoms with van der Waals surface area (Å²) in [5.41, 5.74) is 4.99. The number of benzene rings is 3. The van der Waals surface area contributed by atoms with E-state index in [2.05, 4.69) is 44.9 Å². The highest BCUT2D eigenvalue weighted by Crippen LogP contribution is 2.40. The number of carbonyl (C=O) groups is 1. The monoisotopic (exact) mass is 380 g/mol. The first-order valence-electron chi connectivity index (χ1n) is 9.71. The van der Waals surface area contributed by atoms with Crippen molar-refractivity contribution < 1.29 is 4.79 Å². The lowest BCUT2D eigenvalue weighted by Crippen LogP contribution is -2.31. The van der Waals surface area contributed by atoms with Crippen LogP contribution in [0.5, 0.6) is 0 Å². The van der Waals surface area contributed by atoms with Gasteiger partial charge in [0.15, 0.2) is 5.82 Å². The van der Waals surface area contributed by atoms with Crippen LogP contribution in [0, 0.1) is 0 Å². The molecule has 1 aromatic heterocycles. The second-order valence-electron chi connectivity index (χ2n) is 7.28. The summed E-state index contributed by atoms with van der Waals surface area (Å²) < 4.78 is 0. The van der Waals surface area contributed by atoms with Crippen LogP contribution in [-0.4, -0.2) is 22.0 Å². The van der Waals surface area contributed by atoms with Crippen molar-refractivity contribution in [2.75, 3.05) is 5.32 Å². The minimum Gasteiger partial charge on any atom is -0.334 e. The molecule has 0 radical (unpaired) electrons. The normalized spacial score (nSPS) is 17.7. The predicted molar refractivity (Wildman–Crippen MR) is 115 cm³/mol. The van der Waals surface area contributed by atoms with Gasteiger partial charge in [-0.15, -0.1) is 0 Å². The summed E-state index contributed by atoms with van der Waals surface area (Å²) >= 11 is 0. The third-order valence-electron chi connectivity index (χ3n) is 5.23. The summed E-state index contributed by atoms with van der Waals surface area (Å²) in [5, 5.41) is 5.83.